The quantitative estimate of drug-likeness (QED) is 0.571. The molecule has 2 aromatic rings. The average molecular weight is 393 g/mol. The first-order valence-corrected chi connectivity index (χ1v) is 6.63. The van der Waals surface area contributed by atoms with Crippen LogP contribution >= 0.6 is 50.1 Å². The SMILES string of the molecule is Clc1cccc(I)c1-c1ccc(Br)cc1. The van der Waals surface area contributed by atoms with Gasteiger partial charge in [0, 0.05) is 18.6 Å². The highest BCUT2D eigenvalue weighted by Gasteiger charge is 2.06. The number of halogens is 3. The van der Waals surface area contributed by atoms with Gasteiger partial charge in [-0.05, 0) is 52.4 Å². The molecule has 76 valence electrons. The lowest BCUT2D eigenvalue weighted by Crippen LogP contribution is -1.83. The van der Waals surface area contributed by atoms with Crippen LogP contribution in [-0.4, -0.2) is 0 Å². The summed E-state index contributed by atoms with van der Waals surface area (Å²) in [6.45, 7) is 0. The second kappa shape index (κ2) is 4.85. The molecule has 0 atom stereocenters. The van der Waals surface area contributed by atoms with Crippen LogP contribution in [-0.2, 0) is 0 Å². The number of hydrogen-bond donors (Lipinski definition) is 0. The third-order valence-corrected chi connectivity index (χ3v) is 3.84. The third kappa shape index (κ3) is 2.55. The minimum absolute atomic E-state index is 0.796. The molecule has 0 aliphatic carbocycles. The van der Waals surface area contributed by atoms with Gasteiger partial charge in [0.15, 0.2) is 0 Å². The van der Waals surface area contributed by atoms with Gasteiger partial charge >= 0.3 is 0 Å². The van der Waals surface area contributed by atoms with Gasteiger partial charge < -0.3 is 0 Å². The van der Waals surface area contributed by atoms with Crippen molar-refractivity contribution in [3.63, 3.8) is 0 Å². The van der Waals surface area contributed by atoms with Crippen molar-refractivity contribution in [3.8, 4) is 11.1 Å². The molecule has 0 aliphatic rings. The summed E-state index contributed by atoms with van der Waals surface area (Å²) in [5.41, 5.74) is 2.25. The van der Waals surface area contributed by atoms with E-state index in [0.717, 1.165) is 20.6 Å². The molecular formula is C12H7BrClI. The summed E-state index contributed by atoms with van der Waals surface area (Å²) in [7, 11) is 0. The first-order chi connectivity index (χ1) is 7.18. The maximum atomic E-state index is 6.19. The van der Waals surface area contributed by atoms with Crippen LogP contribution in [0, 0.1) is 3.57 Å². The lowest BCUT2D eigenvalue weighted by molar-refractivity contribution is 1.56. The molecule has 0 amide bonds. The van der Waals surface area contributed by atoms with Crippen molar-refractivity contribution < 1.29 is 0 Å². The lowest BCUT2D eigenvalue weighted by Gasteiger charge is -2.07. The summed E-state index contributed by atoms with van der Waals surface area (Å²) in [5.74, 6) is 0. The Morgan fingerprint density at radius 2 is 1.67 bits per heavy atom. The molecule has 0 saturated carbocycles. The molecule has 15 heavy (non-hydrogen) atoms. The monoisotopic (exact) mass is 392 g/mol. The van der Waals surface area contributed by atoms with E-state index < -0.39 is 0 Å². The van der Waals surface area contributed by atoms with Crippen LogP contribution in [0.3, 0.4) is 0 Å². The zero-order valence-corrected chi connectivity index (χ0v) is 12.2. The molecule has 0 heterocycles. The zero-order valence-electron chi connectivity index (χ0n) is 7.68. The first kappa shape index (κ1) is 11.4. The van der Waals surface area contributed by atoms with Crippen LogP contribution in [0.25, 0.3) is 11.1 Å². The van der Waals surface area contributed by atoms with Gasteiger partial charge in [-0.2, -0.15) is 0 Å². The smallest absolute Gasteiger partial charge is 0.0495 e. The van der Waals surface area contributed by atoms with Gasteiger partial charge in [-0.25, -0.2) is 0 Å². The highest BCUT2D eigenvalue weighted by Crippen LogP contribution is 2.32. The van der Waals surface area contributed by atoms with E-state index in [1.54, 1.807) is 0 Å². The van der Waals surface area contributed by atoms with Gasteiger partial charge in [0.25, 0.3) is 0 Å². The van der Waals surface area contributed by atoms with Gasteiger partial charge in [-0.15, -0.1) is 0 Å². The standard InChI is InChI=1S/C12H7BrClI/c13-9-6-4-8(5-7-9)12-10(14)2-1-3-11(12)15/h1-7H. The van der Waals surface area contributed by atoms with Crippen molar-refractivity contribution in [1.82, 2.24) is 0 Å². The fourth-order valence-electron chi connectivity index (χ4n) is 1.39. The maximum absolute atomic E-state index is 6.19. The van der Waals surface area contributed by atoms with E-state index in [2.05, 4.69) is 56.7 Å². The largest absolute Gasteiger partial charge is 0.0836 e. The molecule has 2 rings (SSSR count). The van der Waals surface area contributed by atoms with Crippen molar-refractivity contribution >= 4 is 50.1 Å². The molecule has 2 aromatic carbocycles. The zero-order chi connectivity index (χ0) is 10.8. The third-order valence-electron chi connectivity index (χ3n) is 2.10. The molecule has 0 saturated heterocycles. The van der Waals surface area contributed by atoms with Crippen molar-refractivity contribution in [3.05, 3.63) is 55.5 Å². The average Bonchev–Trinajstić information content (AvgIpc) is 2.20. The molecule has 3 heteroatoms. The lowest BCUT2D eigenvalue weighted by atomic mass is 10.1. The molecule has 0 radical (unpaired) electrons. The summed E-state index contributed by atoms with van der Waals surface area (Å²) in [6.07, 6.45) is 0. The Morgan fingerprint density at radius 3 is 2.27 bits per heavy atom. The van der Waals surface area contributed by atoms with Crippen LogP contribution in [0.15, 0.2) is 46.9 Å². The van der Waals surface area contributed by atoms with Crippen LogP contribution in [0.4, 0.5) is 0 Å². The topological polar surface area (TPSA) is 0 Å². The fourth-order valence-corrected chi connectivity index (χ4v) is 2.91. The molecule has 0 N–H and O–H groups in total. The van der Waals surface area contributed by atoms with E-state index in [9.17, 15) is 0 Å². The predicted octanol–water partition coefficient (Wildman–Crippen LogP) is 5.37. The molecule has 0 bridgehead atoms. The van der Waals surface area contributed by atoms with Crippen molar-refractivity contribution in [2.75, 3.05) is 0 Å². The van der Waals surface area contributed by atoms with Crippen molar-refractivity contribution in [2.24, 2.45) is 0 Å². The van der Waals surface area contributed by atoms with E-state index in [0.29, 0.717) is 0 Å². The van der Waals surface area contributed by atoms with Crippen LogP contribution in [0.1, 0.15) is 0 Å². The Morgan fingerprint density at radius 1 is 1.00 bits per heavy atom. The number of rotatable bonds is 1. The van der Waals surface area contributed by atoms with Crippen LogP contribution in [0.5, 0.6) is 0 Å². The number of hydrogen-bond acceptors (Lipinski definition) is 0. The minimum atomic E-state index is 0.796. The summed E-state index contributed by atoms with van der Waals surface area (Å²) in [5, 5.41) is 0.796. The molecule has 0 aromatic heterocycles. The second-order valence-electron chi connectivity index (χ2n) is 3.10. The molecule has 0 unspecified atom stereocenters. The highest BCUT2D eigenvalue weighted by molar-refractivity contribution is 14.1. The molecule has 0 nitrogen and oxygen atoms in total. The van der Waals surface area contributed by atoms with Crippen LogP contribution < -0.4 is 0 Å². The van der Waals surface area contributed by atoms with Gasteiger partial charge in [-0.3, -0.25) is 0 Å². The van der Waals surface area contributed by atoms with Gasteiger partial charge in [0.2, 0.25) is 0 Å². The van der Waals surface area contributed by atoms with Crippen molar-refractivity contribution in [2.45, 2.75) is 0 Å². The normalized spacial score (nSPS) is 10.3. The van der Waals surface area contributed by atoms with Gasteiger partial charge in [0.1, 0.15) is 0 Å². The van der Waals surface area contributed by atoms with Gasteiger partial charge in [-0.1, -0.05) is 45.7 Å². The Hall–Kier alpha value is -0.0600. The van der Waals surface area contributed by atoms with E-state index in [1.165, 1.54) is 3.57 Å². The minimum Gasteiger partial charge on any atom is -0.0836 e. The summed E-state index contributed by atoms with van der Waals surface area (Å²) in [6, 6.07) is 14.1. The summed E-state index contributed by atoms with van der Waals surface area (Å²) in [4.78, 5) is 0. The second-order valence-corrected chi connectivity index (χ2v) is 5.59. The summed E-state index contributed by atoms with van der Waals surface area (Å²) < 4.78 is 2.25. The fraction of sp³-hybridized carbons (Fsp3) is 0. The maximum Gasteiger partial charge on any atom is 0.0495 e. The number of benzene rings is 2. The highest BCUT2D eigenvalue weighted by atomic mass is 127. The van der Waals surface area contributed by atoms with E-state index in [1.807, 2.05) is 24.3 Å². The summed E-state index contributed by atoms with van der Waals surface area (Å²) >= 11 is 11.9. The first-order valence-electron chi connectivity index (χ1n) is 4.38. The molecule has 0 spiro atoms. The molecule has 0 fully saturated rings. The van der Waals surface area contributed by atoms with E-state index in [-0.39, 0.29) is 0 Å². The van der Waals surface area contributed by atoms with Crippen molar-refractivity contribution in [1.29, 1.82) is 0 Å². The van der Waals surface area contributed by atoms with Crippen LogP contribution in [0.2, 0.25) is 5.02 Å². The molecular weight excluding hydrogens is 386 g/mol. The Kier molecular flexibility index (Phi) is 3.69. The van der Waals surface area contributed by atoms with Gasteiger partial charge in [0.05, 0.1) is 0 Å². The Bertz CT molecular complexity index is 459. The van der Waals surface area contributed by atoms with E-state index in [4.69, 9.17) is 11.6 Å². The Balaban J connectivity index is 2.58. The van der Waals surface area contributed by atoms with E-state index >= 15 is 0 Å². The Labute approximate surface area is 116 Å². The molecule has 0 aliphatic heterocycles. The predicted molar refractivity (Wildman–Crippen MR) is 77.3 cm³/mol.